The number of hydrogen-bond acceptors (Lipinski definition) is 7. The fraction of sp³-hybridized carbons (Fsp3) is 0.348. The lowest BCUT2D eigenvalue weighted by atomic mass is 10.1. The number of ether oxygens (including phenoxy) is 3. The monoisotopic (exact) mass is 458 g/mol. The molecule has 0 bridgehead atoms. The number of rotatable bonds is 8. The Labute approximate surface area is 191 Å². The third-order valence-electron chi connectivity index (χ3n) is 4.90. The number of thioether (sulfide) groups is 1. The number of carbonyl (C=O) groups excluding carboxylic acids is 3. The minimum absolute atomic E-state index is 0.170. The first kappa shape index (κ1) is 23.5. The van der Waals surface area contributed by atoms with Crippen molar-refractivity contribution in [2.24, 2.45) is 0 Å². The molecule has 0 radical (unpaired) electrons. The van der Waals surface area contributed by atoms with Gasteiger partial charge in [-0.2, -0.15) is 0 Å². The number of esters is 1. The Bertz CT molecular complexity index is 996. The van der Waals surface area contributed by atoms with Gasteiger partial charge in [0.05, 0.1) is 26.5 Å². The fourth-order valence-corrected chi connectivity index (χ4v) is 4.64. The maximum Gasteiger partial charge on any atom is 0.325 e. The summed E-state index contributed by atoms with van der Waals surface area (Å²) >= 11 is 1.56. The van der Waals surface area contributed by atoms with Crippen molar-refractivity contribution in [2.75, 3.05) is 38.8 Å². The summed E-state index contributed by atoms with van der Waals surface area (Å²) in [6, 6.07) is 13.1. The second-order valence-electron chi connectivity index (χ2n) is 6.95. The number of anilines is 1. The molecule has 2 aromatic carbocycles. The Balaban J connectivity index is 1.82. The quantitative estimate of drug-likeness (QED) is 0.608. The van der Waals surface area contributed by atoms with Crippen LogP contribution in [-0.2, 0) is 19.1 Å². The van der Waals surface area contributed by atoms with E-state index in [0.29, 0.717) is 17.2 Å². The molecule has 32 heavy (non-hydrogen) atoms. The third kappa shape index (κ3) is 5.53. The van der Waals surface area contributed by atoms with Crippen molar-refractivity contribution in [3.63, 3.8) is 0 Å². The van der Waals surface area contributed by atoms with Crippen molar-refractivity contribution in [2.45, 2.75) is 23.5 Å². The van der Waals surface area contributed by atoms with Gasteiger partial charge in [-0.1, -0.05) is 18.2 Å². The van der Waals surface area contributed by atoms with Crippen molar-refractivity contribution in [1.82, 2.24) is 5.32 Å². The smallest absolute Gasteiger partial charge is 0.325 e. The highest BCUT2D eigenvalue weighted by Crippen LogP contribution is 2.46. The second-order valence-corrected chi connectivity index (χ2v) is 8.20. The first-order chi connectivity index (χ1) is 15.5. The molecule has 0 aliphatic carbocycles. The SMILES string of the molecule is CCOC(=O)CNC(=O)CN1C(=O)C[C@@H](c2ccc(OC)c(OC)c2)Sc2ccccc21. The topological polar surface area (TPSA) is 94.2 Å². The Kier molecular flexibility index (Phi) is 7.99. The maximum atomic E-state index is 13.2. The van der Waals surface area contributed by atoms with Crippen LogP contribution in [0.1, 0.15) is 24.2 Å². The van der Waals surface area contributed by atoms with Gasteiger partial charge in [-0.25, -0.2) is 0 Å². The average molecular weight is 459 g/mol. The molecule has 1 heterocycles. The van der Waals surface area contributed by atoms with Crippen LogP contribution in [0.5, 0.6) is 11.5 Å². The molecule has 0 saturated carbocycles. The molecule has 9 heteroatoms. The number of fused-ring (bicyclic) bond motifs is 1. The number of para-hydroxylation sites is 1. The van der Waals surface area contributed by atoms with E-state index in [0.717, 1.165) is 10.5 Å². The number of methoxy groups -OCH3 is 2. The summed E-state index contributed by atoms with van der Waals surface area (Å²) in [7, 11) is 3.14. The first-order valence-electron chi connectivity index (χ1n) is 10.2. The standard InChI is InChI=1S/C23H26N2O6S/c1-4-31-23(28)13-24-21(26)14-25-16-7-5-6-8-19(16)32-20(12-22(25)27)15-9-10-17(29-2)18(11-15)30-3/h5-11,20H,4,12-14H2,1-3H3,(H,24,26)/t20-/m0/s1. The summed E-state index contributed by atoms with van der Waals surface area (Å²) in [5, 5.41) is 2.34. The van der Waals surface area contributed by atoms with Gasteiger partial charge in [0, 0.05) is 16.6 Å². The van der Waals surface area contributed by atoms with Crippen LogP contribution in [0.3, 0.4) is 0 Å². The molecular weight excluding hydrogens is 432 g/mol. The van der Waals surface area contributed by atoms with E-state index in [1.54, 1.807) is 32.9 Å². The molecule has 0 spiro atoms. The summed E-state index contributed by atoms with van der Waals surface area (Å²) in [6.45, 7) is 1.51. The Morgan fingerprint density at radius 2 is 1.88 bits per heavy atom. The lowest BCUT2D eigenvalue weighted by molar-refractivity contribution is -0.143. The molecule has 170 valence electrons. The van der Waals surface area contributed by atoms with Gasteiger partial charge in [-0.3, -0.25) is 14.4 Å². The van der Waals surface area contributed by atoms with Gasteiger partial charge in [-0.05, 0) is 36.8 Å². The number of nitrogens with zero attached hydrogens (tertiary/aromatic N) is 1. The minimum Gasteiger partial charge on any atom is -0.493 e. The van der Waals surface area contributed by atoms with Crippen molar-refractivity contribution < 1.29 is 28.6 Å². The Morgan fingerprint density at radius 3 is 2.59 bits per heavy atom. The molecule has 0 aromatic heterocycles. The number of amides is 2. The number of nitrogens with one attached hydrogen (secondary N) is 1. The lowest BCUT2D eigenvalue weighted by Gasteiger charge is -2.22. The molecule has 2 aromatic rings. The molecule has 8 nitrogen and oxygen atoms in total. The van der Waals surface area contributed by atoms with Gasteiger partial charge in [0.1, 0.15) is 13.1 Å². The van der Waals surface area contributed by atoms with Crippen LogP contribution >= 0.6 is 11.8 Å². The van der Waals surface area contributed by atoms with Crippen LogP contribution in [0.15, 0.2) is 47.4 Å². The molecule has 2 amide bonds. The average Bonchev–Trinajstić information content (AvgIpc) is 2.94. The van der Waals surface area contributed by atoms with Crippen LogP contribution in [-0.4, -0.2) is 51.7 Å². The Hall–Kier alpha value is -3.20. The molecule has 3 rings (SSSR count). The normalized spacial score (nSPS) is 15.4. The van der Waals surface area contributed by atoms with Gasteiger partial charge >= 0.3 is 5.97 Å². The Morgan fingerprint density at radius 1 is 1.12 bits per heavy atom. The van der Waals surface area contributed by atoms with E-state index < -0.39 is 11.9 Å². The summed E-state index contributed by atoms with van der Waals surface area (Å²) in [6.07, 6.45) is 0.194. The van der Waals surface area contributed by atoms with Gasteiger partial charge in [-0.15, -0.1) is 11.8 Å². The number of benzene rings is 2. The zero-order valence-corrected chi connectivity index (χ0v) is 19.1. The molecule has 0 fully saturated rings. The van der Waals surface area contributed by atoms with Gasteiger partial charge in [0.25, 0.3) is 0 Å². The van der Waals surface area contributed by atoms with Crippen molar-refractivity contribution in [3.05, 3.63) is 48.0 Å². The van der Waals surface area contributed by atoms with E-state index in [1.165, 1.54) is 4.90 Å². The third-order valence-corrected chi connectivity index (χ3v) is 6.23. The molecule has 0 saturated heterocycles. The van der Waals surface area contributed by atoms with E-state index in [4.69, 9.17) is 14.2 Å². The lowest BCUT2D eigenvalue weighted by Crippen LogP contribution is -2.42. The van der Waals surface area contributed by atoms with Crippen molar-refractivity contribution >= 4 is 35.2 Å². The summed E-state index contributed by atoms with van der Waals surface area (Å²) < 4.78 is 15.5. The van der Waals surface area contributed by atoms with E-state index in [2.05, 4.69) is 5.32 Å². The molecule has 0 unspecified atom stereocenters. The second kappa shape index (κ2) is 10.9. The predicted molar refractivity (Wildman–Crippen MR) is 121 cm³/mol. The van der Waals surface area contributed by atoms with Crippen LogP contribution < -0.4 is 19.7 Å². The van der Waals surface area contributed by atoms with E-state index in [-0.39, 0.29) is 37.3 Å². The van der Waals surface area contributed by atoms with Crippen molar-refractivity contribution in [1.29, 1.82) is 0 Å². The highest BCUT2D eigenvalue weighted by Gasteiger charge is 2.31. The first-order valence-corrected chi connectivity index (χ1v) is 11.0. The molecule has 1 aliphatic heterocycles. The predicted octanol–water partition coefficient (Wildman–Crippen LogP) is 2.95. The zero-order valence-electron chi connectivity index (χ0n) is 18.3. The van der Waals surface area contributed by atoms with Crippen LogP contribution in [0.2, 0.25) is 0 Å². The molecular formula is C23H26N2O6S. The summed E-state index contributed by atoms with van der Waals surface area (Å²) in [4.78, 5) is 39.5. The van der Waals surface area contributed by atoms with Gasteiger partial charge in [0.15, 0.2) is 11.5 Å². The largest absolute Gasteiger partial charge is 0.493 e. The van der Waals surface area contributed by atoms with Crippen LogP contribution in [0, 0.1) is 0 Å². The molecule has 1 atom stereocenters. The summed E-state index contributed by atoms with van der Waals surface area (Å²) in [5.74, 6) is 0.0593. The summed E-state index contributed by atoms with van der Waals surface area (Å²) in [5.41, 5.74) is 1.58. The highest BCUT2D eigenvalue weighted by atomic mass is 32.2. The van der Waals surface area contributed by atoms with Crippen LogP contribution in [0.4, 0.5) is 5.69 Å². The molecule has 1 N–H and O–H groups in total. The van der Waals surface area contributed by atoms with E-state index in [1.807, 2.05) is 42.5 Å². The highest BCUT2D eigenvalue weighted by molar-refractivity contribution is 7.99. The van der Waals surface area contributed by atoms with Gasteiger partial charge < -0.3 is 24.4 Å². The van der Waals surface area contributed by atoms with E-state index in [9.17, 15) is 14.4 Å². The number of carbonyl (C=O) groups is 3. The van der Waals surface area contributed by atoms with E-state index >= 15 is 0 Å². The van der Waals surface area contributed by atoms with Crippen LogP contribution in [0.25, 0.3) is 0 Å². The van der Waals surface area contributed by atoms with Gasteiger partial charge in [0.2, 0.25) is 11.8 Å². The zero-order chi connectivity index (χ0) is 23.1. The number of hydrogen-bond donors (Lipinski definition) is 1. The minimum atomic E-state index is -0.521. The van der Waals surface area contributed by atoms with Crippen molar-refractivity contribution in [3.8, 4) is 11.5 Å². The maximum absolute atomic E-state index is 13.2. The fourth-order valence-electron chi connectivity index (χ4n) is 3.37. The molecule has 1 aliphatic rings.